The molecule has 312 valence electrons. The Bertz CT molecular complexity index is 1800. The van der Waals surface area contributed by atoms with Gasteiger partial charge in [-0.05, 0) is 105 Å². The topological polar surface area (TPSA) is 114 Å². The number of halogens is 12. The second-order valence-corrected chi connectivity index (χ2v) is 17.7. The molecule has 5 heterocycles. The molecule has 0 amide bonds. The normalized spacial score (nSPS) is 13.1. The number of benzene rings is 1. The van der Waals surface area contributed by atoms with Crippen molar-refractivity contribution in [3.63, 3.8) is 0 Å². The molecule has 0 aliphatic heterocycles. The van der Waals surface area contributed by atoms with E-state index in [-0.39, 0.29) is 19.5 Å². The van der Waals surface area contributed by atoms with E-state index in [1.165, 1.54) is 0 Å². The van der Waals surface area contributed by atoms with Gasteiger partial charge in [-0.2, -0.15) is 0 Å². The van der Waals surface area contributed by atoms with Crippen molar-refractivity contribution in [1.82, 2.24) is 24.9 Å². The molecule has 6 aromatic rings. The van der Waals surface area contributed by atoms with Crippen LogP contribution in [0.15, 0.2) is 122 Å². The Kier molecular flexibility index (Phi) is 18.7. The van der Waals surface area contributed by atoms with Gasteiger partial charge in [0.15, 0.2) is 0 Å². The predicted molar refractivity (Wildman–Crippen MR) is 199 cm³/mol. The molecule has 0 aliphatic carbocycles. The summed E-state index contributed by atoms with van der Waals surface area (Å²) in [5.41, 5.74) is 11.3. The fourth-order valence-electron chi connectivity index (χ4n) is 3.59. The average molecular weight is 956 g/mol. The average Bonchev–Trinajstić information content (AvgIpc) is 3.46. The number of phenols is 1. The number of H-pyrrole nitrogens is 1. The third kappa shape index (κ3) is 32.4. The van der Waals surface area contributed by atoms with Gasteiger partial charge >= 0.3 is 85.5 Å². The molecule has 0 atom stereocenters. The molecule has 23 heteroatoms. The van der Waals surface area contributed by atoms with Gasteiger partial charge in [0, 0.05) is 41.9 Å². The van der Waals surface area contributed by atoms with Crippen LogP contribution >= 0.6 is 23.5 Å². The molecular weight excluding hydrogens is 918 g/mol. The zero-order valence-corrected chi connectivity index (χ0v) is 33.9. The van der Waals surface area contributed by atoms with Crippen molar-refractivity contribution in [1.29, 1.82) is 0 Å². The Hall–Kier alpha value is -3.81. The van der Waals surface area contributed by atoms with Crippen LogP contribution < -0.4 is 5.73 Å². The van der Waals surface area contributed by atoms with Gasteiger partial charge in [0.05, 0.1) is 22.8 Å². The van der Waals surface area contributed by atoms with Crippen molar-refractivity contribution in [2.45, 2.75) is 6.42 Å². The number of phenolic OH excluding ortho intramolecular Hbond substituents is 1. The first-order chi connectivity index (χ1) is 24.9. The molecule has 7 nitrogen and oxygen atoms in total. The Morgan fingerprint density at radius 3 is 1.12 bits per heavy atom. The number of hydrogen-bond donors (Lipinski definition) is 3. The molecule has 0 saturated carbocycles. The van der Waals surface area contributed by atoms with E-state index < -0.39 is 15.6 Å². The molecule has 0 aliphatic rings. The summed E-state index contributed by atoms with van der Waals surface area (Å²) in [4.78, 5) is 19.9. The standard InChI is InChI=1S/C10H12N2O.2C10H8N2.C3H9P.2F6P.Ru/c11-4-3-7-6-12-10-2-1-8(13)5-9(7)10;2*1-3-7-11-9(5-1)10-6-2-4-8-12-10;1-4(2)3;2*1-7(2,3,4,5)6;/h1-2,5-6,12-13H,3-4,11H2;2*1-8H;1-3H3;;;/q;;;;2*-1;+2. The molecule has 0 saturated heterocycles. The molecule has 0 bridgehead atoms. The van der Waals surface area contributed by atoms with Gasteiger partial charge in [-0.15, -0.1) is 7.92 Å². The summed E-state index contributed by atoms with van der Waals surface area (Å²) in [6.07, 6.45) is 9.85. The first-order valence-corrected chi connectivity index (χ1v) is 22.0. The van der Waals surface area contributed by atoms with Crippen LogP contribution in [-0.4, -0.2) is 56.6 Å². The van der Waals surface area contributed by atoms with Crippen molar-refractivity contribution < 1.29 is 74.9 Å². The van der Waals surface area contributed by atoms with E-state index in [0.717, 1.165) is 45.7 Å². The van der Waals surface area contributed by atoms with E-state index in [2.05, 4.69) is 44.9 Å². The SMILES string of the molecule is CP(C)C.F[P-](F)(F)(F)(F)F.F[P-](F)(F)(F)(F)F.NCCc1c[nH]c2ccc(O)cc12.[Ru+2].c1ccc(-c2ccccn2)nc1.c1ccc(-c2ccccn2)nc1. The quantitative estimate of drug-likeness (QED) is 0.0921. The first-order valence-electron chi connectivity index (χ1n) is 15.3. The second-order valence-electron chi connectivity index (χ2n) is 11.2. The predicted octanol–water partition coefficient (Wildman–Crippen LogP) is 13.8. The van der Waals surface area contributed by atoms with Crippen LogP contribution in [0.4, 0.5) is 50.4 Å². The molecule has 0 fully saturated rings. The summed E-state index contributed by atoms with van der Waals surface area (Å²) in [6, 6.07) is 28.5. The van der Waals surface area contributed by atoms with Gasteiger partial charge in [-0.25, -0.2) is 0 Å². The van der Waals surface area contributed by atoms with Crippen LogP contribution in [-0.2, 0) is 25.9 Å². The van der Waals surface area contributed by atoms with E-state index >= 15 is 0 Å². The van der Waals surface area contributed by atoms with E-state index in [1.54, 1.807) is 36.9 Å². The maximum Gasteiger partial charge on any atom is 2.00 e. The monoisotopic (exact) mass is 956 g/mol. The van der Waals surface area contributed by atoms with Gasteiger partial charge in [0.2, 0.25) is 0 Å². The minimum Gasteiger partial charge on any atom is -0.508 e. The molecule has 0 spiro atoms. The number of nitrogens with two attached hydrogens (primary N) is 1. The van der Waals surface area contributed by atoms with Gasteiger partial charge in [0.25, 0.3) is 0 Å². The summed E-state index contributed by atoms with van der Waals surface area (Å²) in [6.45, 7) is 7.32. The number of fused-ring (bicyclic) bond motifs is 1. The van der Waals surface area contributed by atoms with Crippen molar-refractivity contribution in [3.05, 3.63) is 128 Å². The van der Waals surface area contributed by atoms with Crippen molar-refractivity contribution in [2.24, 2.45) is 5.73 Å². The number of nitrogens with one attached hydrogen (secondary N) is 1. The molecule has 5 aromatic heterocycles. The van der Waals surface area contributed by atoms with Crippen LogP contribution in [0, 0.1) is 0 Å². The van der Waals surface area contributed by atoms with Crippen molar-refractivity contribution in [2.75, 3.05) is 26.5 Å². The number of nitrogens with zero attached hydrogens (tertiary/aromatic N) is 4. The summed E-state index contributed by atoms with van der Waals surface area (Å²) >= 11 is 0. The van der Waals surface area contributed by atoms with Gasteiger partial charge in [-0.1, -0.05) is 24.3 Å². The first kappa shape index (κ1) is 52.2. The zero-order chi connectivity index (χ0) is 42.1. The third-order valence-corrected chi connectivity index (χ3v) is 5.35. The molecule has 4 N–H and O–H groups in total. The summed E-state index contributed by atoms with van der Waals surface area (Å²) < 4.78 is 118. The molecule has 0 unspecified atom stereocenters. The van der Waals surface area contributed by atoms with E-state index in [0.29, 0.717) is 20.2 Å². The number of hydrogen-bond acceptors (Lipinski definition) is 6. The Morgan fingerprint density at radius 1 is 0.571 bits per heavy atom. The summed E-state index contributed by atoms with van der Waals surface area (Å²) in [7, 11) is -20.9. The zero-order valence-electron chi connectivity index (χ0n) is 29.5. The molecular formula is C33H37F12N6OP3Ru. The largest absolute Gasteiger partial charge is 2.00 e. The van der Waals surface area contributed by atoms with Crippen LogP contribution in [0.3, 0.4) is 0 Å². The summed E-state index contributed by atoms with van der Waals surface area (Å²) in [5.74, 6) is 0.297. The minimum atomic E-state index is -10.7. The molecule has 6 rings (SSSR count). The van der Waals surface area contributed by atoms with Crippen molar-refractivity contribution in [3.8, 4) is 28.5 Å². The number of aromatic hydroxyl groups is 1. The van der Waals surface area contributed by atoms with Gasteiger partial charge in [-0.3, -0.25) is 19.9 Å². The van der Waals surface area contributed by atoms with E-state index in [9.17, 15) is 55.5 Å². The number of aromatic amines is 1. The van der Waals surface area contributed by atoms with E-state index in [4.69, 9.17) is 5.73 Å². The maximum atomic E-state index is 9.87. The van der Waals surface area contributed by atoms with Crippen LogP contribution in [0.5, 0.6) is 5.75 Å². The van der Waals surface area contributed by atoms with Crippen LogP contribution in [0.2, 0.25) is 0 Å². The minimum absolute atomic E-state index is 0. The fourth-order valence-corrected chi connectivity index (χ4v) is 3.59. The maximum absolute atomic E-state index is 10.7. The van der Waals surface area contributed by atoms with Gasteiger partial charge < -0.3 is 15.8 Å². The Morgan fingerprint density at radius 2 is 0.875 bits per heavy atom. The smallest absolute Gasteiger partial charge is 0.508 e. The third-order valence-electron chi connectivity index (χ3n) is 5.35. The van der Waals surface area contributed by atoms with E-state index in [1.807, 2.05) is 85.1 Å². The molecule has 1 aromatic carbocycles. The Balaban J connectivity index is 0.000000670. The number of pyridine rings is 4. The van der Waals surface area contributed by atoms with Crippen LogP contribution in [0.1, 0.15) is 5.56 Å². The molecule has 56 heavy (non-hydrogen) atoms. The second kappa shape index (κ2) is 20.1. The van der Waals surface area contributed by atoms with Crippen LogP contribution in [0.25, 0.3) is 33.7 Å². The number of aromatic nitrogens is 5. The Labute approximate surface area is 328 Å². The van der Waals surface area contributed by atoms with Gasteiger partial charge in [0.1, 0.15) is 5.75 Å². The number of rotatable bonds is 4. The summed E-state index contributed by atoms with van der Waals surface area (Å²) in [5, 5.41) is 10.4. The fraction of sp³-hybridized carbons (Fsp3) is 0.152. The van der Waals surface area contributed by atoms with Crippen molar-refractivity contribution >= 4 is 34.4 Å². The molecule has 0 radical (unpaired) electrons.